The highest BCUT2D eigenvalue weighted by Crippen LogP contribution is 2.39. The third-order valence-corrected chi connectivity index (χ3v) is 19.2. The Bertz CT molecular complexity index is 1960. The van der Waals surface area contributed by atoms with Gasteiger partial charge in [0.15, 0.2) is 12.6 Å². The standard InChI is InChI=1S/C72H134N2O21/c1-4-6-8-10-12-14-16-18-20-22-23-24-25-26-27-28-30-32-34-36-38-40-42-44-46-59(82)74-53(54(79)45-43-41-39-37-35-33-31-29-21-19-17-15-13-11-9-7-5-2)51-90-69-64(86)63(85)66(58(50-77)92-69)93-70-65(87)68(62(84)57(49-76)91-70)95-72(71(88)89)47-55(80)60(73-52(3)78)67(94-72)61(83)56(81)48-75/h26-27,53-58,60-70,75-77,79-81,83-87H,4-25,28-51H2,1-3H3,(H,73,78)(H,74,82)(H,88,89)/b27-26-. The number of nitrogens with one attached hydrogen (secondary N) is 2. The van der Waals surface area contributed by atoms with Gasteiger partial charge in [0.05, 0.1) is 50.7 Å². The fraction of sp³-hybridized carbons (Fsp3) is 0.931. The minimum absolute atomic E-state index is 0.222. The molecule has 18 atom stereocenters. The van der Waals surface area contributed by atoms with Gasteiger partial charge < -0.3 is 100 Å². The topological polar surface area (TPSA) is 373 Å². The molecule has 14 N–H and O–H groups in total. The summed E-state index contributed by atoms with van der Waals surface area (Å²) in [7, 11) is 0. The summed E-state index contributed by atoms with van der Waals surface area (Å²) >= 11 is 0. The molecule has 3 aliphatic heterocycles. The van der Waals surface area contributed by atoms with E-state index >= 15 is 0 Å². The summed E-state index contributed by atoms with van der Waals surface area (Å²) in [5, 5.41) is 136. The molecule has 0 saturated carbocycles. The first-order valence-corrected chi connectivity index (χ1v) is 37.5. The number of hydrogen-bond donors (Lipinski definition) is 14. The maximum atomic E-state index is 13.5. The minimum Gasteiger partial charge on any atom is -0.477 e. The molecule has 3 aliphatic rings. The Morgan fingerprint density at radius 1 is 0.537 bits per heavy atom. The highest BCUT2D eigenvalue weighted by Gasteiger charge is 2.60. The van der Waals surface area contributed by atoms with Crippen LogP contribution in [0.5, 0.6) is 0 Å². The number of ether oxygens (including phenoxy) is 6. The molecule has 23 heteroatoms. The number of carbonyl (C=O) groups excluding carboxylic acids is 2. The molecule has 0 aromatic rings. The number of allylic oxidation sites excluding steroid dienone is 2. The molecule has 0 bridgehead atoms. The van der Waals surface area contributed by atoms with Crippen LogP contribution in [0.25, 0.3) is 0 Å². The highest BCUT2D eigenvalue weighted by atomic mass is 16.8. The van der Waals surface area contributed by atoms with Gasteiger partial charge in [0.25, 0.3) is 5.79 Å². The van der Waals surface area contributed by atoms with Gasteiger partial charge in [0.2, 0.25) is 11.8 Å². The Labute approximate surface area is 569 Å². The Hall–Kier alpha value is -2.53. The molecule has 558 valence electrons. The van der Waals surface area contributed by atoms with Gasteiger partial charge in [-0.05, 0) is 38.5 Å². The number of carboxylic acid groups (broad SMARTS) is 1. The number of aliphatic hydroxyl groups is 11. The summed E-state index contributed by atoms with van der Waals surface area (Å²) in [5.41, 5.74) is 0. The Morgan fingerprint density at radius 3 is 1.42 bits per heavy atom. The first-order chi connectivity index (χ1) is 45.9. The van der Waals surface area contributed by atoms with Crippen LogP contribution in [-0.2, 0) is 42.8 Å². The summed E-state index contributed by atoms with van der Waals surface area (Å²) in [5.74, 6) is -6.10. The molecular weight excluding hydrogens is 1230 g/mol. The van der Waals surface area contributed by atoms with Crippen LogP contribution in [-0.4, -0.2) is 215 Å². The SMILES string of the molecule is CCCCCCCCCCCCCC/C=C\CCCCCCCCCCC(=O)NC(COC1OC(CO)C(OC2OC(CO)C(O)C(OC3(C(=O)O)CC(O)C(NC(C)=O)C(C(O)C(O)CO)O3)C2O)C(O)C1O)C(O)CCCCCCCCCCCCCCCCCCC. The van der Waals surface area contributed by atoms with E-state index in [1.807, 2.05) is 0 Å². The lowest BCUT2D eigenvalue weighted by Gasteiger charge is -2.50. The average molecular weight is 1360 g/mol. The molecule has 0 aromatic carbocycles. The number of amides is 2. The molecule has 3 heterocycles. The van der Waals surface area contributed by atoms with Crippen molar-refractivity contribution in [1.82, 2.24) is 10.6 Å². The minimum atomic E-state index is -3.08. The van der Waals surface area contributed by atoms with Gasteiger partial charge in [-0.2, -0.15) is 0 Å². The molecule has 0 spiro atoms. The lowest BCUT2D eigenvalue weighted by atomic mass is 9.88. The van der Waals surface area contributed by atoms with E-state index < -0.39 is 148 Å². The number of aliphatic carboxylic acids is 1. The van der Waals surface area contributed by atoms with E-state index in [0.29, 0.717) is 19.3 Å². The van der Waals surface area contributed by atoms with Crippen molar-refractivity contribution in [3.63, 3.8) is 0 Å². The molecule has 95 heavy (non-hydrogen) atoms. The van der Waals surface area contributed by atoms with Gasteiger partial charge in [-0.25, -0.2) is 4.79 Å². The lowest BCUT2D eigenvalue weighted by molar-refractivity contribution is -0.386. The molecule has 0 radical (unpaired) electrons. The van der Waals surface area contributed by atoms with Crippen LogP contribution >= 0.6 is 0 Å². The van der Waals surface area contributed by atoms with Crippen molar-refractivity contribution >= 4 is 17.8 Å². The molecule has 3 fully saturated rings. The van der Waals surface area contributed by atoms with Gasteiger partial charge in [-0.1, -0.05) is 244 Å². The molecular formula is C72H134N2O21. The van der Waals surface area contributed by atoms with Gasteiger partial charge in [-0.15, -0.1) is 0 Å². The number of carboxylic acids is 1. The number of rotatable bonds is 58. The van der Waals surface area contributed by atoms with Crippen molar-refractivity contribution in [3.05, 3.63) is 12.2 Å². The maximum Gasteiger partial charge on any atom is 0.364 e. The van der Waals surface area contributed by atoms with Crippen LogP contribution < -0.4 is 10.6 Å². The van der Waals surface area contributed by atoms with Crippen LogP contribution in [0.15, 0.2) is 12.2 Å². The molecule has 2 amide bonds. The fourth-order valence-electron chi connectivity index (χ4n) is 13.2. The number of unbranched alkanes of at least 4 members (excludes halogenated alkanes) is 36. The van der Waals surface area contributed by atoms with E-state index in [9.17, 15) is 75.7 Å². The predicted molar refractivity (Wildman–Crippen MR) is 362 cm³/mol. The first kappa shape index (κ1) is 86.7. The summed E-state index contributed by atoms with van der Waals surface area (Å²) in [6, 6.07) is -2.53. The second-order valence-corrected chi connectivity index (χ2v) is 27.5. The summed E-state index contributed by atoms with van der Waals surface area (Å²) in [6.45, 7) is 2.23. The quantitative estimate of drug-likeness (QED) is 0.0201. The molecule has 3 rings (SSSR count). The van der Waals surface area contributed by atoms with E-state index in [1.165, 1.54) is 180 Å². The van der Waals surface area contributed by atoms with E-state index in [-0.39, 0.29) is 18.9 Å². The molecule has 0 aromatic heterocycles. The molecule has 18 unspecified atom stereocenters. The summed E-state index contributed by atoms with van der Waals surface area (Å²) < 4.78 is 34.9. The van der Waals surface area contributed by atoms with Crippen molar-refractivity contribution in [2.75, 3.05) is 26.4 Å². The highest BCUT2D eigenvalue weighted by molar-refractivity contribution is 5.77. The van der Waals surface area contributed by atoms with Crippen LogP contribution in [0.1, 0.15) is 290 Å². The normalized spacial score (nSPS) is 27.7. The van der Waals surface area contributed by atoms with Crippen LogP contribution in [0, 0.1) is 0 Å². The van der Waals surface area contributed by atoms with E-state index in [1.54, 1.807) is 0 Å². The zero-order valence-electron chi connectivity index (χ0n) is 58.5. The van der Waals surface area contributed by atoms with Crippen molar-refractivity contribution in [2.45, 2.75) is 400 Å². The van der Waals surface area contributed by atoms with Gasteiger partial charge in [-0.3, -0.25) is 9.59 Å². The van der Waals surface area contributed by atoms with Crippen molar-refractivity contribution in [2.24, 2.45) is 0 Å². The van der Waals surface area contributed by atoms with Crippen LogP contribution in [0.2, 0.25) is 0 Å². The van der Waals surface area contributed by atoms with Gasteiger partial charge in [0, 0.05) is 19.8 Å². The van der Waals surface area contributed by atoms with Crippen LogP contribution in [0.3, 0.4) is 0 Å². The smallest absolute Gasteiger partial charge is 0.364 e. The monoisotopic (exact) mass is 1360 g/mol. The van der Waals surface area contributed by atoms with Gasteiger partial charge in [0.1, 0.15) is 67.1 Å². The second kappa shape index (κ2) is 52.5. The first-order valence-electron chi connectivity index (χ1n) is 37.5. The zero-order valence-corrected chi connectivity index (χ0v) is 58.5. The Morgan fingerprint density at radius 2 is 0.979 bits per heavy atom. The van der Waals surface area contributed by atoms with E-state index in [2.05, 4.69) is 36.6 Å². The van der Waals surface area contributed by atoms with Crippen molar-refractivity contribution in [3.8, 4) is 0 Å². The molecule has 0 aliphatic carbocycles. The summed E-state index contributed by atoms with van der Waals surface area (Å²) in [6.07, 6.45) is 23.5. The van der Waals surface area contributed by atoms with Crippen LogP contribution in [0.4, 0.5) is 0 Å². The summed E-state index contributed by atoms with van der Waals surface area (Å²) in [4.78, 5) is 38.6. The predicted octanol–water partition coefficient (Wildman–Crippen LogP) is 8.24. The van der Waals surface area contributed by atoms with Crippen molar-refractivity contribution < 1.29 is 104 Å². The Kier molecular flexibility index (Phi) is 47.9. The molecule has 3 saturated heterocycles. The Balaban J connectivity index is 1.55. The number of aliphatic hydroxyl groups excluding tert-OH is 11. The third-order valence-electron chi connectivity index (χ3n) is 19.2. The fourth-order valence-corrected chi connectivity index (χ4v) is 13.2. The average Bonchev–Trinajstić information content (AvgIpc) is 0.758. The third kappa shape index (κ3) is 34.1. The van der Waals surface area contributed by atoms with Crippen molar-refractivity contribution in [1.29, 1.82) is 0 Å². The lowest BCUT2D eigenvalue weighted by Crippen LogP contribution is -2.70. The van der Waals surface area contributed by atoms with E-state index in [0.717, 1.165) is 64.7 Å². The molecule has 23 nitrogen and oxygen atoms in total. The second-order valence-electron chi connectivity index (χ2n) is 27.5. The number of hydrogen-bond acceptors (Lipinski definition) is 20. The maximum absolute atomic E-state index is 13.5. The van der Waals surface area contributed by atoms with Gasteiger partial charge >= 0.3 is 5.97 Å². The van der Waals surface area contributed by atoms with E-state index in [4.69, 9.17) is 28.4 Å². The largest absolute Gasteiger partial charge is 0.477 e. The zero-order chi connectivity index (χ0) is 69.6. The number of carbonyl (C=O) groups is 3.